The van der Waals surface area contributed by atoms with Crippen LogP contribution in [0.3, 0.4) is 0 Å². The number of furan rings is 1. The van der Waals surface area contributed by atoms with E-state index in [2.05, 4.69) is 10.1 Å². The van der Waals surface area contributed by atoms with Gasteiger partial charge in [-0.2, -0.15) is 4.98 Å². The van der Waals surface area contributed by atoms with Crippen LogP contribution in [0.4, 0.5) is 5.95 Å². The molecule has 0 aromatic carbocycles. The van der Waals surface area contributed by atoms with Gasteiger partial charge >= 0.3 is 0 Å². The summed E-state index contributed by atoms with van der Waals surface area (Å²) in [5.74, 6) is 1.56. The van der Waals surface area contributed by atoms with Crippen molar-refractivity contribution < 1.29 is 4.42 Å². The molecule has 0 unspecified atom stereocenters. The van der Waals surface area contributed by atoms with E-state index in [4.69, 9.17) is 10.2 Å². The first kappa shape index (κ1) is 6.90. The van der Waals surface area contributed by atoms with E-state index in [1.165, 1.54) is 0 Å². The molecule has 0 aliphatic carbocycles. The van der Waals surface area contributed by atoms with Crippen LogP contribution in [0.2, 0.25) is 0 Å². The zero-order valence-electron chi connectivity index (χ0n) is 6.56. The quantitative estimate of drug-likeness (QED) is 0.672. The summed E-state index contributed by atoms with van der Waals surface area (Å²) in [6, 6.07) is 3.60. The van der Waals surface area contributed by atoms with Gasteiger partial charge in [-0.25, -0.2) is 4.68 Å². The minimum Gasteiger partial charge on any atom is -0.461 e. The number of anilines is 1. The van der Waals surface area contributed by atoms with E-state index in [9.17, 15) is 0 Å². The number of aryl methyl sites for hydroxylation is 1. The fourth-order valence-electron chi connectivity index (χ4n) is 1.02. The molecule has 0 amide bonds. The second-order valence-corrected chi connectivity index (χ2v) is 2.39. The topological polar surface area (TPSA) is 69.9 Å². The molecule has 12 heavy (non-hydrogen) atoms. The lowest BCUT2D eigenvalue weighted by Gasteiger charge is -1.92. The van der Waals surface area contributed by atoms with Gasteiger partial charge in [0, 0.05) is 7.05 Å². The molecule has 2 aromatic heterocycles. The Bertz CT molecular complexity index is 376. The molecule has 5 heteroatoms. The van der Waals surface area contributed by atoms with Crippen LogP contribution in [0.15, 0.2) is 22.8 Å². The van der Waals surface area contributed by atoms with Crippen molar-refractivity contribution in [3.63, 3.8) is 0 Å². The van der Waals surface area contributed by atoms with Gasteiger partial charge in [0.2, 0.25) is 5.95 Å². The SMILES string of the molecule is Cn1nc(N)nc1-c1ccco1. The predicted molar refractivity (Wildman–Crippen MR) is 43.1 cm³/mol. The molecule has 0 radical (unpaired) electrons. The van der Waals surface area contributed by atoms with Gasteiger partial charge in [-0.05, 0) is 12.1 Å². The number of nitrogens with two attached hydrogens (primary N) is 1. The molecule has 62 valence electrons. The van der Waals surface area contributed by atoms with Gasteiger partial charge in [-0.15, -0.1) is 5.10 Å². The lowest BCUT2D eigenvalue weighted by Crippen LogP contribution is -1.93. The molecule has 0 saturated heterocycles. The fraction of sp³-hybridized carbons (Fsp3) is 0.143. The van der Waals surface area contributed by atoms with Crippen molar-refractivity contribution in [2.24, 2.45) is 7.05 Å². The maximum Gasteiger partial charge on any atom is 0.240 e. The summed E-state index contributed by atoms with van der Waals surface area (Å²) in [4.78, 5) is 3.99. The predicted octanol–water partition coefficient (Wildman–Crippen LogP) is 0.657. The van der Waals surface area contributed by atoms with E-state index in [0.717, 1.165) is 0 Å². The van der Waals surface area contributed by atoms with E-state index in [-0.39, 0.29) is 5.95 Å². The molecule has 0 fully saturated rings. The van der Waals surface area contributed by atoms with Crippen molar-refractivity contribution in [1.29, 1.82) is 0 Å². The summed E-state index contributed by atoms with van der Waals surface area (Å²) >= 11 is 0. The van der Waals surface area contributed by atoms with Crippen LogP contribution in [-0.2, 0) is 7.05 Å². The second-order valence-electron chi connectivity index (χ2n) is 2.39. The first-order valence-corrected chi connectivity index (χ1v) is 3.48. The molecule has 2 aromatic rings. The molecule has 0 aliphatic rings. The van der Waals surface area contributed by atoms with Crippen molar-refractivity contribution in [2.45, 2.75) is 0 Å². The largest absolute Gasteiger partial charge is 0.461 e. The maximum atomic E-state index is 5.40. The van der Waals surface area contributed by atoms with Gasteiger partial charge in [-0.1, -0.05) is 0 Å². The number of aromatic nitrogens is 3. The van der Waals surface area contributed by atoms with Crippen LogP contribution in [0.1, 0.15) is 0 Å². The van der Waals surface area contributed by atoms with Gasteiger partial charge in [0.05, 0.1) is 6.26 Å². The van der Waals surface area contributed by atoms with Crippen LogP contribution in [-0.4, -0.2) is 14.8 Å². The number of nitrogens with zero attached hydrogens (tertiary/aromatic N) is 3. The highest BCUT2D eigenvalue weighted by atomic mass is 16.3. The Kier molecular flexibility index (Phi) is 1.36. The maximum absolute atomic E-state index is 5.40. The summed E-state index contributed by atoms with van der Waals surface area (Å²) in [5.41, 5.74) is 5.40. The van der Waals surface area contributed by atoms with Gasteiger partial charge in [-0.3, -0.25) is 0 Å². The zero-order valence-corrected chi connectivity index (χ0v) is 6.56. The van der Waals surface area contributed by atoms with Crippen LogP contribution < -0.4 is 5.73 Å². The van der Waals surface area contributed by atoms with Crippen LogP contribution in [0.25, 0.3) is 11.6 Å². The van der Waals surface area contributed by atoms with Crippen LogP contribution in [0, 0.1) is 0 Å². The second kappa shape index (κ2) is 2.37. The lowest BCUT2D eigenvalue weighted by atomic mass is 10.4. The Morgan fingerprint density at radius 1 is 1.58 bits per heavy atom. The van der Waals surface area contributed by atoms with Gasteiger partial charge < -0.3 is 10.2 Å². The molecule has 2 heterocycles. The monoisotopic (exact) mass is 164 g/mol. The minimum absolute atomic E-state index is 0.254. The first-order valence-electron chi connectivity index (χ1n) is 3.48. The van der Waals surface area contributed by atoms with Crippen molar-refractivity contribution in [1.82, 2.24) is 14.8 Å². The first-order chi connectivity index (χ1) is 5.77. The van der Waals surface area contributed by atoms with Crippen molar-refractivity contribution >= 4 is 5.95 Å². The summed E-state index contributed by atoms with van der Waals surface area (Å²) in [6.07, 6.45) is 1.58. The molecule has 5 nitrogen and oxygen atoms in total. The average molecular weight is 164 g/mol. The van der Waals surface area contributed by atoms with E-state index in [0.29, 0.717) is 11.6 Å². The lowest BCUT2D eigenvalue weighted by molar-refractivity contribution is 0.570. The normalized spacial score (nSPS) is 10.4. The molecule has 0 bridgehead atoms. The Morgan fingerprint density at radius 2 is 2.42 bits per heavy atom. The molecule has 0 spiro atoms. The Labute approximate surface area is 68.8 Å². The molecule has 0 saturated carbocycles. The summed E-state index contributed by atoms with van der Waals surface area (Å²) < 4.78 is 6.71. The molecular formula is C7H8N4O. The van der Waals surface area contributed by atoms with E-state index in [1.807, 2.05) is 6.07 Å². The van der Waals surface area contributed by atoms with E-state index in [1.54, 1.807) is 24.1 Å². The van der Waals surface area contributed by atoms with Crippen molar-refractivity contribution in [2.75, 3.05) is 5.73 Å². The van der Waals surface area contributed by atoms with Gasteiger partial charge in [0.1, 0.15) is 0 Å². The average Bonchev–Trinajstić information content (AvgIpc) is 2.58. The highest BCUT2D eigenvalue weighted by Crippen LogP contribution is 2.16. The third-order valence-electron chi connectivity index (χ3n) is 1.52. The minimum atomic E-state index is 0.254. The number of rotatable bonds is 1. The third-order valence-corrected chi connectivity index (χ3v) is 1.52. The number of hydrogen-bond donors (Lipinski definition) is 1. The Balaban J connectivity index is 2.54. The summed E-state index contributed by atoms with van der Waals surface area (Å²) in [7, 11) is 1.77. The van der Waals surface area contributed by atoms with Crippen molar-refractivity contribution in [3.8, 4) is 11.6 Å². The number of nitrogen functional groups attached to an aromatic ring is 1. The summed E-state index contributed by atoms with van der Waals surface area (Å²) in [6.45, 7) is 0. The highest BCUT2D eigenvalue weighted by molar-refractivity contribution is 5.48. The third kappa shape index (κ3) is 0.952. The summed E-state index contributed by atoms with van der Waals surface area (Å²) in [5, 5.41) is 3.89. The molecule has 0 aliphatic heterocycles. The van der Waals surface area contributed by atoms with E-state index < -0.39 is 0 Å². The van der Waals surface area contributed by atoms with Gasteiger partial charge in [0.25, 0.3) is 0 Å². The Hall–Kier alpha value is -1.78. The number of hydrogen-bond acceptors (Lipinski definition) is 4. The zero-order chi connectivity index (χ0) is 8.55. The molecular weight excluding hydrogens is 156 g/mol. The molecule has 2 rings (SSSR count). The van der Waals surface area contributed by atoms with E-state index >= 15 is 0 Å². The molecule has 2 N–H and O–H groups in total. The highest BCUT2D eigenvalue weighted by Gasteiger charge is 2.08. The standard InChI is InChI=1S/C7H8N4O/c1-11-6(9-7(8)10-11)5-3-2-4-12-5/h2-4H,1H3,(H2,8,10). The van der Waals surface area contributed by atoms with Crippen LogP contribution in [0.5, 0.6) is 0 Å². The van der Waals surface area contributed by atoms with Crippen LogP contribution >= 0.6 is 0 Å². The van der Waals surface area contributed by atoms with Gasteiger partial charge in [0.15, 0.2) is 11.6 Å². The van der Waals surface area contributed by atoms with Crippen molar-refractivity contribution in [3.05, 3.63) is 18.4 Å². The Morgan fingerprint density at radius 3 is 2.92 bits per heavy atom. The molecule has 0 atom stereocenters. The smallest absolute Gasteiger partial charge is 0.240 e. The fourth-order valence-corrected chi connectivity index (χ4v) is 1.02.